The molecule has 0 radical (unpaired) electrons. The van der Waals surface area contributed by atoms with Gasteiger partial charge in [-0.25, -0.2) is 0 Å². The van der Waals surface area contributed by atoms with Crippen molar-refractivity contribution in [2.75, 3.05) is 13.2 Å². The van der Waals surface area contributed by atoms with Crippen LogP contribution in [-0.4, -0.2) is 37.2 Å². The van der Waals surface area contributed by atoms with Crippen LogP contribution >= 0.6 is 0 Å². The first kappa shape index (κ1) is 70.6. The van der Waals surface area contributed by atoms with Crippen molar-refractivity contribution >= 4 is 17.9 Å². The Hall–Kier alpha value is -3.41. The Morgan fingerprint density at radius 1 is 0.284 bits per heavy atom. The SMILES string of the molecule is CC/C=C\C/C=C\C/C=C\C/C=C\CCCCC(=O)OC(COC(=O)CCCCC/C=C\C/C=C\C/C=C\CC)COC(=O)CCCCCCCCCCCCCCCCCCCCCCCCCCCCCC. The minimum absolute atomic E-state index is 0.101. The highest BCUT2D eigenvalue weighted by Gasteiger charge is 2.19. The van der Waals surface area contributed by atoms with E-state index in [1.807, 2.05) is 0 Å². The highest BCUT2D eigenvalue weighted by molar-refractivity contribution is 5.71. The van der Waals surface area contributed by atoms with Crippen molar-refractivity contribution < 1.29 is 28.6 Å². The zero-order valence-corrected chi connectivity index (χ0v) is 48.8. The molecule has 6 nitrogen and oxygen atoms in total. The van der Waals surface area contributed by atoms with Gasteiger partial charge in [-0.2, -0.15) is 0 Å². The fourth-order valence-electron chi connectivity index (χ4n) is 8.98. The van der Waals surface area contributed by atoms with Crippen LogP contribution in [0.25, 0.3) is 0 Å². The summed E-state index contributed by atoms with van der Waals surface area (Å²) < 4.78 is 16.8. The standard InChI is InChI=1S/C68H118O6/c1-4-7-10-13-16-19-22-25-27-28-29-30-31-32-33-34-35-36-37-38-39-41-43-46-49-52-55-58-61-67(70)73-64-65(63-72-66(69)60-57-54-51-48-45-42-24-21-18-15-12-9-6-3)74-68(71)62-59-56-53-50-47-44-40-26-23-20-17-14-11-8-5-2/h8-9,11-12,17-18,20-21,26,40,42,45,47,50,65H,4-7,10,13-16,19,22-25,27-39,41,43-44,46,48-49,51-64H2,1-3H3/b11-8-,12-9-,20-17-,21-18-,40-26-,45-42-,50-47-. The summed E-state index contributed by atoms with van der Waals surface area (Å²) in [5, 5.41) is 0. The minimum atomic E-state index is -0.810. The summed E-state index contributed by atoms with van der Waals surface area (Å²) in [6.07, 6.45) is 81.9. The molecule has 1 unspecified atom stereocenters. The van der Waals surface area contributed by atoms with Crippen LogP contribution in [0.2, 0.25) is 0 Å². The van der Waals surface area contributed by atoms with Crippen LogP contribution in [0.5, 0.6) is 0 Å². The molecule has 1 atom stereocenters. The average molecular weight is 1030 g/mol. The van der Waals surface area contributed by atoms with Gasteiger partial charge >= 0.3 is 17.9 Å². The van der Waals surface area contributed by atoms with E-state index in [0.29, 0.717) is 19.3 Å². The first-order chi connectivity index (χ1) is 36.5. The van der Waals surface area contributed by atoms with Gasteiger partial charge in [-0.05, 0) is 89.9 Å². The van der Waals surface area contributed by atoms with Crippen molar-refractivity contribution in [3.05, 3.63) is 85.1 Å². The fraction of sp³-hybridized carbons (Fsp3) is 0.750. The maximum atomic E-state index is 12.8. The molecule has 0 aromatic rings. The van der Waals surface area contributed by atoms with Gasteiger partial charge < -0.3 is 14.2 Å². The molecular weight excluding hydrogens is 913 g/mol. The van der Waals surface area contributed by atoms with E-state index in [4.69, 9.17) is 14.2 Å². The largest absolute Gasteiger partial charge is 0.462 e. The van der Waals surface area contributed by atoms with Crippen LogP contribution < -0.4 is 0 Å². The molecule has 426 valence electrons. The summed E-state index contributed by atoms with van der Waals surface area (Å²) in [5.74, 6) is -0.965. The molecule has 6 heteroatoms. The molecule has 74 heavy (non-hydrogen) atoms. The molecule has 0 N–H and O–H groups in total. The summed E-state index contributed by atoms with van der Waals surface area (Å²) in [5.41, 5.74) is 0. The summed E-state index contributed by atoms with van der Waals surface area (Å²) in [6.45, 7) is 6.38. The molecule has 0 saturated carbocycles. The van der Waals surface area contributed by atoms with Gasteiger partial charge in [0.2, 0.25) is 0 Å². The molecule has 0 spiro atoms. The fourth-order valence-corrected chi connectivity index (χ4v) is 8.98. The number of ether oxygens (including phenoxy) is 3. The molecule has 0 aliphatic carbocycles. The van der Waals surface area contributed by atoms with Crippen molar-refractivity contribution in [1.29, 1.82) is 0 Å². The number of hydrogen-bond acceptors (Lipinski definition) is 6. The normalized spacial score (nSPS) is 12.6. The van der Waals surface area contributed by atoms with E-state index in [-0.39, 0.29) is 37.5 Å². The Morgan fingerprint density at radius 3 is 0.851 bits per heavy atom. The predicted molar refractivity (Wildman–Crippen MR) is 321 cm³/mol. The van der Waals surface area contributed by atoms with Crippen molar-refractivity contribution in [3.8, 4) is 0 Å². The molecule has 0 heterocycles. The average Bonchev–Trinajstić information content (AvgIpc) is 3.40. The lowest BCUT2D eigenvalue weighted by Gasteiger charge is -2.18. The van der Waals surface area contributed by atoms with Gasteiger partial charge in [0.15, 0.2) is 6.10 Å². The molecular formula is C68H118O6. The van der Waals surface area contributed by atoms with Gasteiger partial charge in [0.05, 0.1) is 0 Å². The molecule has 0 aliphatic heterocycles. The first-order valence-electron chi connectivity index (χ1n) is 31.6. The third-order valence-electron chi connectivity index (χ3n) is 13.6. The molecule has 0 aliphatic rings. The Balaban J connectivity index is 4.24. The lowest BCUT2D eigenvalue weighted by atomic mass is 10.0. The number of hydrogen-bond donors (Lipinski definition) is 0. The Kier molecular flexibility index (Phi) is 59.3. The lowest BCUT2D eigenvalue weighted by Crippen LogP contribution is -2.30. The molecule has 0 saturated heterocycles. The van der Waals surface area contributed by atoms with E-state index in [9.17, 15) is 14.4 Å². The smallest absolute Gasteiger partial charge is 0.306 e. The van der Waals surface area contributed by atoms with Crippen LogP contribution in [0.4, 0.5) is 0 Å². The van der Waals surface area contributed by atoms with Gasteiger partial charge in [0.25, 0.3) is 0 Å². The molecule has 0 amide bonds. The van der Waals surface area contributed by atoms with E-state index in [1.165, 1.54) is 161 Å². The van der Waals surface area contributed by atoms with E-state index in [0.717, 1.165) is 103 Å². The van der Waals surface area contributed by atoms with Crippen molar-refractivity contribution in [3.63, 3.8) is 0 Å². The highest BCUT2D eigenvalue weighted by Crippen LogP contribution is 2.17. The number of carbonyl (C=O) groups excluding carboxylic acids is 3. The van der Waals surface area contributed by atoms with Crippen molar-refractivity contribution in [1.82, 2.24) is 0 Å². The van der Waals surface area contributed by atoms with Gasteiger partial charge in [-0.1, -0.05) is 286 Å². The molecule has 0 aromatic heterocycles. The number of esters is 3. The lowest BCUT2D eigenvalue weighted by molar-refractivity contribution is -0.167. The van der Waals surface area contributed by atoms with Crippen LogP contribution in [0.15, 0.2) is 85.1 Å². The summed E-state index contributed by atoms with van der Waals surface area (Å²) in [4.78, 5) is 38.2. The monoisotopic (exact) mass is 1030 g/mol. The zero-order chi connectivity index (χ0) is 53.6. The van der Waals surface area contributed by atoms with E-state index >= 15 is 0 Å². The van der Waals surface area contributed by atoms with Gasteiger partial charge in [-0.3, -0.25) is 14.4 Å². The second-order valence-electron chi connectivity index (χ2n) is 20.9. The summed E-state index contributed by atoms with van der Waals surface area (Å²) >= 11 is 0. The van der Waals surface area contributed by atoms with Gasteiger partial charge in [-0.15, -0.1) is 0 Å². The van der Waals surface area contributed by atoms with Crippen LogP contribution in [-0.2, 0) is 28.6 Å². The van der Waals surface area contributed by atoms with E-state index in [1.54, 1.807) is 0 Å². The quantitative estimate of drug-likeness (QED) is 0.0261. The number of rotatable bonds is 57. The van der Waals surface area contributed by atoms with Crippen LogP contribution in [0, 0.1) is 0 Å². The van der Waals surface area contributed by atoms with Crippen LogP contribution in [0.1, 0.15) is 310 Å². The molecule has 0 fully saturated rings. The molecule has 0 rings (SSSR count). The number of allylic oxidation sites excluding steroid dienone is 14. The van der Waals surface area contributed by atoms with Gasteiger partial charge in [0.1, 0.15) is 13.2 Å². The van der Waals surface area contributed by atoms with Crippen molar-refractivity contribution in [2.24, 2.45) is 0 Å². The van der Waals surface area contributed by atoms with Crippen molar-refractivity contribution in [2.45, 2.75) is 316 Å². The Bertz CT molecular complexity index is 1420. The van der Waals surface area contributed by atoms with Gasteiger partial charge in [0, 0.05) is 19.3 Å². The molecule has 0 aromatic carbocycles. The third kappa shape index (κ3) is 59.5. The highest BCUT2D eigenvalue weighted by atomic mass is 16.6. The number of unbranched alkanes of at least 4 members (excludes halogenated alkanes) is 32. The first-order valence-corrected chi connectivity index (χ1v) is 31.6. The minimum Gasteiger partial charge on any atom is -0.462 e. The maximum Gasteiger partial charge on any atom is 0.306 e. The Morgan fingerprint density at radius 2 is 0.527 bits per heavy atom. The predicted octanol–water partition coefficient (Wildman–Crippen LogP) is 21.5. The van der Waals surface area contributed by atoms with E-state index in [2.05, 4.69) is 106 Å². The van der Waals surface area contributed by atoms with E-state index < -0.39 is 6.10 Å². The second-order valence-corrected chi connectivity index (χ2v) is 20.9. The Labute approximate surface area is 458 Å². The maximum absolute atomic E-state index is 12.8. The second kappa shape index (κ2) is 62.1. The van der Waals surface area contributed by atoms with Crippen LogP contribution in [0.3, 0.4) is 0 Å². The zero-order valence-electron chi connectivity index (χ0n) is 48.8. The topological polar surface area (TPSA) is 78.9 Å². The number of carbonyl (C=O) groups is 3. The molecule has 0 bridgehead atoms. The summed E-state index contributed by atoms with van der Waals surface area (Å²) in [6, 6.07) is 0. The summed E-state index contributed by atoms with van der Waals surface area (Å²) in [7, 11) is 0. The third-order valence-corrected chi connectivity index (χ3v) is 13.6.